The van der Waals surface area contributed by atoms with Gasteiger partial charge in [-0.05, 0) is 19.1 Å². The van der Waals surface area contributed by atoms with Crippen LogP contribution in [0.25, 0.3) is 0 Å². The van der Waals surface area contributed by atoms with Crippen LogP contribution in [-0.2, 0) is 0 Å². The van der Waals surface area contributed by atoms with E-state index in [1.54, 1.807) is 20.3 Å². The second-order valence-corrected chi connectivity index (χ2v) is 2.51. The van der Waals surface area contributed by atoms with Gasteiger partial charge >= 0.3 is 0 Å². The molecule has 1 aromatic rings. The Balaban J connectivity index is 3.20. The third kappa shape index (κ3) is 1.30. The van der Waals surface area contributed by atoms with Crippen molar-refractivity contribution in [1.82, 2.24) is 0 Å². The molecule has 3 heteroatoms. The van der Waals surface area contributed by atoms with E-state index in [9.17, 15) is 0 Å². The SMILES string of the molecule is COc1ccc(OC)c(N)c1C. The number of hydrogen-bond donors (Lipinski definition) is 1. The Bertz CT molecular complexity index is 255. The fourth-order valence-corrected chi connectivity index (χ4v) is 1.08. The first-order chi connectivity index (χ1) is 5.70. The highest BCUT2D eigenvalue weighted by Crippen LogP contribution is 2.31. The molecule has 0 amide bonds. The molecule has 0 saturated carbocycles. The zero-order valence-electron chi connectivity index (χ0n) is 7.55. The summed E-state index contributed by atoms with van der Waals surface area (Å²) in [5, 5.41) is 0. The lowest BCUT2D eigenvalue weighted by atomic mass is 10.1. The Labute approximate surface area is 72.1 Å². The van der Waals surface area contributed by atoms with Crippen LogP contribution >= 0.6 is 0 Å². The van der Waals surface area contributed by atoms with E-state index in [4.69, 9.17) is 15.2 Å². The Morgan fingerprint density at radius 3 is 2.08 bits per heavy atom. The lowest BCUT2D eigenvalue weighted by Crippen LogP contribution is -1.97. The first kappa shape index (κ1) is 8.71. The van der Waals surface area contributed by atoms with Gasteiger partial charge in [-0.3, -0.25) is 0 Å². The molecular weight excluding hydrogens is 154 g/mol. The van der Waals surface area contributed by atoms with Crippen LogP contribution in [0.3, 0.4) is 0 Å². The van der Waals surface area contributed by atoms with Gasteiger partial charge in [0.2, 0.25) is 0 Å². The summed E-state index contributed by atoms with van der Waals surface area (Å²) in [5.74, 6) is 1.47. The van der Waals surface area contributed by atoms with Gasteiger partial charge in [-0.15, -0.1) is 0 Å². The summed E-state index contributed by atoms with van der Waals surface area (Å²) in [7, 11) is 3.21. The van der Waals surface area contributed by atoms with E-state index in [-0.39, 0.29) is 0 Å². The number of benzene rings is 1. The minimum Gasteiger partial charge on any atom is -0.496 e. The highest BCUT2D eigenvalue weighted by Gasteiger charge is 2.06. The number of methoxy groups -OCH3 is 2. The zero-order chi connectivity index (χ0) is 9.14. The fraction of sp³-hybridized carbons (Fsp3) is 0.333. The average molecular weight is 167 g/mol. The first-order valence-electron chi connectivity index (χ1n) is 3.67. The zero-order valence-corrected chi connectivity index (χ0v) is 7.55. The number of nitrogens with two attached hydrogens (primary N) is 1. The van der Waals surface area contributed by atoms with Gasteiger partial charge in [0.25, 0.3) is 0 Å². The minimum absolute atomic E-state index is 0.636. The molecule has 0 aliphatic heterocycles. The summed E-state index contributed by atoms with van der Waals surface area (Å²) in [6.45, 7) is 1.90. The molecule has 0 aliphatic carbocycles. The van der Waals surface area contributed by atoms with Crippen molar-refractivity contribution in [2.24, 2.45) is 0 Å². The van der Waals surface area contributed by atoms with Crippen molar-refractivity contribution in [3.8, 4) is 11.5 Å². The summed E-state index contributed by atoms with van der Waals surface area (Å²) in [5.41, 5.74) is 7.31. The average Bonchev–Trinajstić information content (AvgIpc) is 2.10. The molecule has 0 aromatic heterocycles. The molecule has 0 aliphatic rings. The van der Waals surface area contributed by atoms with Crippen LogP contribution in [0.1, 0.15) is 5.56 Å². The Kier molecular flexibility index (Phi) is 2.43. The summed E-state index contributed by atoms with van der Waals surface area (Å²) >= 11 is 0. The van der Waals surface area contributed by atoms with Gasteiger partial charge in [0, 0.05) is 5.56 Å². The predicted octanol–water partition coefficient (Wildman–Crippen LogP) is 1.59. The molecule has 66 valence electrons. The van der Waals surface area contributed by atoms with E-state index in [0.29, 0.717) is 11.4 Å². The van der Waals surface area contributed by atoms with E-state index >= 15 is 0 Å². The fourth-order valence-electron chi connectivity index (χ4n) is 1.08. The summed E-state index contributed by atoms with van der Waals surface area (Å²) in [6, 6.07) is 3.63. The molecule has 0 atom stereocenters. The van der Waals surface area contributed by atoms with Gasteiger partial charge in [0.05, 0.1) is 19.9 Å². The largest absolute Gasteiger partial charge is 0.496 e. The third-order valence-corrected chi connectivity index (χ3v) is 1.86. The van der Waals surface area contributed by atoms with Gasteiger partial charge in [-0.2, -0.15) is 0 Å². The Hall–Kier alpha value is -1.38. The number of hydrogen-bond acceptors (Lipinski definition) is 3. The van der Waals surface area contributed by atoms with Crippen LogP contribution in [0.4, 0.5) is 5.69 Å². The number of anilines is 1. The first-order valence-corrected chi connectivity index (χ1v) is 3.67. The van der Waals surface area contributed by atoms with Crippen molar-refractivity contribution in [2.75, 3.05) is 20.0 Å². The molecule has 0 fully saturated rings. The number of rotatable bonds is 2. The minimum atomic E-state index is 0.636. The van der Waals surface area contributed by atoms with Crippen molar-refractivity contribution in [1.29, 1.82) is 0 Å². The quantitative estimate of drug-likeness (QED) is 0.680. The molecule has 0 bridgehead atoms. The molecule has 1 rings (SSSR count). The molecule has 3 nitrogen and oxygen atoms in total. The number of ether oxygens (including phenoxy) is 2. The standard InChI is InChI=1S/C9H13NO2/c1-6-7(11-2)4-5-8(12-3)9(6)10/h4-5H,10H2,1-3H3. The molecule has 0 heterocycles. The highest BCUT2D eigenvalue weighted by atomic mass is 16.5. The molecule has 0 radical (unpaired) electrons. The van der Waals surface area contributed by atoms with Crippen molar-refractivity contribution < 1.29 is 9.47 Å². The maximum atomic E-state index is 5.76. The van der Waals surface area contributed by atoms with Crippen LogP contribution in [0, 0.1) is 6.92 Å². The molecule has 0 saturated heterocycles. The van der Waals surface area contributed by atoms with Gasteiger partial charge in [0.1, 0.15) is 11.5 Å². The smallest absolute Gasteiger partial charge is 0.142 e. The third-order valence-electron chi connectivity index (χ3n) is 1.86. The highest BCUT2D eigenvalue weighted by molar-refractivity contribution is 5.62. The molecule has 0 spiro atoms. The molecule has 1 aromatic carbocycles. The van der Waals surface area contributed by atoms with Crippen LogP contribution in [0.15, 0.2) is 12.1 Å². The Morgan fingerprint density at radius 1 is 1.08 bits per heavy atom. The molecule has 0 unspecified atom stereocenters. The topological polar surface area (TPSA) is 44.5 Å². The van der Waals surface area contributed by atoms with Crippen LogP contribution in [0.2, 0.25) is 0 Å². The van der Waals surface area contributed by atoms with Gasteiger partial charge < -0.3 is 15.2 Å². The maximum Gasteiger partial charge on any atom is 0.142 e. The monoisotopic (exact) mass is 167 g/mol. The van der Waals surface area contributed by atoms with Gasteiger partial charge in [-0.25, -0.2) is 0 Å². The van der Waals surface area contributed by atoms with Crippen molar-refractivity contribution in [3.05, 3.63) is 17.7 Å². The van der Waals surface area contributed by atoms with Crippen LogP contribution in [0.5, 0.6) is 11.5 Å². The van der Waals surface area contributed by atoms with Crippen LogP contribution < -0.4 is 15.2 Å². The summed E-state index contributed by atoms with van der Waals surface area (Å²) in [6.07, 6.45) is 0. The molecule has 12 heavy (non-hydrogen) atoms. The lowest BCUT2D eigenvalue weighted by molar-refractivity contribution is 0.402. The second kappa shape index (κ2) is 3.34. The normalized spacial score (nSPS) is 9.58. The number of nitrogen functional groups attached to an aromatic ring is 1. The molecule has 2 N–H and O–H groups in total. The predicted molar refractivity (Wildman–Crippen MR) is 48.7 cm³/mol. The maximum absolute atomic E-state index is 5.76. The van der Waals surface area contributed by atoms with E-state index in [2.05, 4.69) is 0 Å². The second-order valence-electron chi connectivity index (χ2n) is 2.51. The van der Waals surface area contributed by atoms with Crippen molar-refractivity contribution >= 4 is 5.69 Å². The van der Waals surface area contributed by atoms with E-state index in [0.717, 1.165) is 11.3 Å². The summed E-state index contributed by atoms with van der Waals surface area (Å²) in [4.78, 5) is 0. The Morgan fingerprint density at radius 2 is 1.58 bits per heavy atom. The summed E-state index contributed by atoms with van der Waals surface area (Å²) < 4.78 is 10.1. The van der Waals surface area contributed by atoms with Gasteiger partial charge in [0.15, 0.2) is 0 Å². The lowest BCUT2D eigenvalue weighted by Gasteiger charge is -2.10. The van der Waals surface area contributed by atoms with E-state index < -0.39 is 0 Å². The van der Waals surface area contributed by atoms with E-state index in [1.165, 1.54) is 0 Å². The van der Waals surface area contributed by atoms with Crippen molar-refractivity contribution in [3.63, 3.8) is 0 Å². The van der Waals surface area contributed by atoms with Crippen molar-refractivity contribution in [2.45, 2.75) is 6.92 Å². The van der Waals surface area contributed by atoms with Gasteiger partial charge in [-0.1, -0.05) is 0 Å². The van der Waals surface area contributed by atoms with E-state index in [1.807, 2.05) is 13.0 Å². The molecular formula is C9H13NO2. The van der Waals surface area contributed by atoms with Crippen LogP contribution in [-0.4, -0.2) is 14.2 Å².